The third kappa shape index (κ3) is 4.36. The number of ether oxygens (including phenoxy) is 1. The first-order chi connectivity index (χ1) is 11.9. The van der Waals surface area contributed by atoms with Gasteiger partial charge < -0.3 is 4.74 Å². The molecule has 0 unspecified atom stereocenters. The van der Waals surface area contributed by atoms with Crippen LogP contribution in [0.3, 0.4) is 0 Å². The van der Waals surface area contributed by atoms with Gasteiger partial charge in [-0.25, -0.2) is 0 Å². The average Bonchev–Trinajstić information content (AvgIpc) is 3.12. The first-order valence-electron chi connectivity index (χ1n) is 9.63. The van der Waals surface area contributed by atoms with Crippen LogP contribution < -0.4 is 0 Å². The fourth-order valence-electron chi connectivity index (χ4n) is 4.22. The normalized spacial score (nSPS) is 28.2. The van der Waals surface area contributed by atoms with Crippen LogP contribution in [0.4, 0.5) is 0 Å². The summed E-state index contributed by atoms with van der Waals surface area (Å²) in [4.78, 5) is 8.38. The van der Waals surface area contributed by atoms with Crippen molar-refractivity contribution >= 4 is 23.1 Å². The molecule has 134 valence electrons. The van der Waals surface area contributed by atoms with Crippen LogP contribution in [0.15, 0.2) is 12.1 Å². The van der Waals surface area contributed by atoms with Gasteiger partial charge in [-0.15, -0.1) is 11.3 Å². The van der Waals surface area contributed by atoms with E-state index in [-0.39, 0.29) is 0 Å². The molecule has 0 radical (unpaired) electrons. The maximum atomic E-state index is 5.94. The van der Waals surface area contributed by atoms with E-state index in [9.17, 15) is 0 Å². The summed E-state index contributed by atoms with van der Waals surface area (Å²) in [6.07, 6.45) is 6.85. The Labute approximate surface area is 154 Å². The predicted octanol–water partition coefficient (Wildman–Crippen LogP) is 4.00. The second kappa shape index (κ2) is 8.54. The zero-order chi connectivity index (χ0) is 16.2. The lowest BCUT2D eigenvalue weighted by Gasteiger charge is -2.40. The molecule has 0 aliphatic carbocycles. The molecular formula is C19H30N2OS2. The maximum absolute atomic E-state index is 5.94. The zero-order valence-corrected chi connectivity index (χ0v) is 16.3. The molecule has 1 aromatic heterocycles. The quantitative estimate of drug-likeness (QED) is 0.800. The molecule has 1 atom stereocenters. The van der Waals surface area contributed by atoms with Crippen molar-refractivity contribution in [2.24, 2.45) is 0 Å². The molecule has 3 nitrogen and oxygen atoms in total. The van der Waals surface area contributed by atoms with E-state index in [1.54, 1.807) is 0 Å². The van der Waals surface area contributed by atoms with Crippen LogP contribution in [0.25, 0.3) is 0 Å². The zero-order valence-electron chi connectivity index (χ0n) is 14.6. The summed E-state index contributed by atoms with van der Waals surface area (Å²) >= 11 is 4.10. The van der Waals surface area contributed by atoms with E-state index >= 15 is 0 Å². The Hall–Kier alpha value is -0.0700. The summed E-state index contributed by atoms with van der Waals surface area (Å²) in [6, 6.07) is 5.50. The van der Waals surface area contributed by atoms with Crippen LogP contribution in [-0.2, 0) is 11.3 Å². The Bertz CT molecular complexity index is 501. The van der Waals surface area contributed by atoms with Gasteiger partial charge in [0.05, 0.1) is 6.10 Å². The fraction of sp³-hybridized carbons (Fsp3) is 0.789. The van der Waals surface area contributed by atoms with Crippen molar-refractivity contribution in [3.05, 3.63) is 21.9 Å². The highest BCUT2D eigenvalue weighted by molar-refractivity contribution is 7.99. The van der Waals surface area contributed by atoms with Gasteiger partial charge in [-0.2, -0.15) is 11.8 Å². The summed E-state index contributed by atoms with van der Waals surface area (Å²) in [6.45, 7) is 7.24. The van der Waals surface area contributed by atoms with Crippen LogP contribution in [0.2, 0.25) is 0 Å². The molecule has 0 spiro atoms. The number of hydrogen-bond acceptors (Lipinski definition) is 5. The minimum absolute atomic E-state index is 0.375. The van der Waals surface area contributed by atoms with Crippen molar-refractivity contribution in [3.63, 3.8) is 0 Å². The molecule has 3 aliphatic heterocycles. The number of thiophene rings is 1. The van der Waals surface area contributed by atoms with Crippen LogP contribution in [0.5, 0.6) is 0 Å². The van der Waals surface area contributed by atoms with Crippen LogP contribution in [0.1, 0.15) is 48.0 Å². The summed E-state index contributed by atoms with van der Waals surface area (Å²) < 4.78 is 5.94. The Morgan fingerprint density at radius 1 is 1.00 bits per heavy atom. The molecule has 24 heavy (non-hydrogen) atoms. The van der Waals surface area contributed by atoms with Crippen molar-refractivity contribution in [1.82, 2.24) is 9.80 Å². The van der Waals surface area contributed by atoms with E-state index in [1.807, 2.05) is 11.3 Å². The van der Waals surface area contributed by atoms with E-state index in [1.165, 1.54) is 79.5 Å². The number of thioether (sulfide) groups is 1. The predicted molar refractivity (Wildman–Crippen MR) is 104 cm³/mol. The number of hydrogen-bond donors (Lipinski definition) is 0. The van der Waals surface area contributed by atoms with Gasteiger partial charge in [0.25, 0.3) is 0 Å². The summed E-state index contributed by atoms with van der Waals surface area (Å²) in [7, 11) is 0. The molecule has 5 heteroatoms. The SMILES string of the molecule is c1cc([C@H]2CCCCO2)sc1CN1CCC(N2CCSCC2)CC1. The third-order valence-electron chi connectivity index (χ3n) is 5.68. The second-order valence-electron chi connectivity index (χ2n) is 7.31. The molecule has 4 rings (SSSR count). The summed E-state index contributed by atoms with van der Waals surface area (Å²) in [5.41, 5.74) is 0. The highest BCUT2D eigenvalue weighted by atomic mass is 32.2. The topological polar surface area (TPSA) is 15.7 Å². The molecule has 0 saturated carbocycles. The first-order valence-corrected chi connectivity index (χ1v) is 11.6. The molecule has 3 fully saturated rings. The van der Waals surface area contributed by atoms with Gasteiger partial charge >= 0.3 is 0 Å². The fourth-order valence-corrected chi connectivity index (χ4v) is 6.29. The van der Waals surface area contributed by atoms with E-state index in [4.69, 9.17) is 4.74 Å². The highest BCUT2D eigenvalue weighted by Gasteiger charge is 2.26. The molecule has 1 aromatic rings. The Kier molecular flexibility index (Phi) is 6.17. The van der Waals surface area contributed by atoms with Gasteiger partial charge in [0, 0.05) is 66.6 Å². The van der Waals surface area contributed by atoms with Crippen LogP contribution in [-0.4, -0.2) is 60.1 Å². The number of likely N-dealkylation sites (tertiary alicyclic amines) is 1. The molecule has 0 bridgehead atoms. The van der Waals surface area contributed by atoms with E-state index < -0.39 is 0 Å². The van der Waals surface area contributed by atoms with Gasteiger partial charge in [-0.3, -0.25) is 9.80 Å². The van der Waals surface area contributed by atoms with Gasteiger partial charge in [-0.1, -0.05) is 0 Å². The molecule has 0 amide bonds. The Morgan fingerprint density at radius 2 is 1.83 bits per heavy atom. The minimum atomic E-state index is 0.375. The van der Waals surface area contributed by atoms with Gasteiger partial charge in [0.1, 0.15) is 0 Å². The minimum Gasteiger partial charge on any atom is -0.373 e. The molecular weight excluding hydrogens is 336 g/mol. The van der Waals surface area contributed by atoms with Gasteiger partial charge in [-0.05, 0) is 44.2 Å². The largest absolute Gasteiger partial charge is 0.373 e. The van der Waals surface area contributed by atoms with Crippen molar-refractivity contribution < 1.29 is 4.74 Å². The van der Waals surface area contributed by atoms with Crippen molar-refractivity contribution in [3.8, 4) is 0 Å². The molecule has 3 aliphatic rings. The molecule has 4 heterocycles. The second-order valence-corrected chi connectivity index (χ2v) is 9.74. The molecule has 3 saturated heterocycles. The van der Waals surface area contributed by atoms with Crippen LogP contribution in [0, 0.1) is 0 Å². The van der Waals surface area contributed by atoms with E-state index in [2.05, 4.69) is 33.7 Å². The van der Waals surface area contributed by atoms with Gasteiger partial charge in [0.2, 0.25) is 0 Å². The number of piperidine rings is 1. The average molecular weight is 367 g/mol. The number of nitrogens with zero attached hydrogens (tertiary/aromatic N) is 2. The lowest BCUT2D eigenvalue weighted by molar-refractivity contribution is 0.0172. The lowest BCUT2D eigenvalue weighted by atomic mass is 10.0. The summed E-state index contributed by atoms with van der Waals surface area (Å²) in [5, 5.41) is 0. The maximum Gasteiger partial charge on any atom is 0.0916 e. The Morgan fingerprint density at radius 3 is 2.58 bits per heavy atom. The number of rotatable bonds is 4. The van der Waals surface area contributed by atoms with E-state index in [0.717, 1.165) is 19.2 Å². The van der Waals surface area contributed by atoms with Gasteiger partial charge in [0.15, 0.2) is 0 Å². The van der Waals surface area contributed by atoms with E-state index in [0.29, 0.717) is 6.10 Å². The third-order valence-corrected chi connectivity index (χ3v) is 7.78. The van der Waals surface area contributed by atoms with Crippen molar-refractivity contribution in [2.75, 3.05) is 44.3 Å². The monoisotopic (exact) mass is 366 g/mol. The Balaban J connectivity index is 1.25. The summed E-state index contributed by atoms with van der Waals surface area (Å²) in [5.74, 6) is 2.67. The van der Waals surface area contributed by atoms with Crippen LogP contribution >= 0.6 is 23.1 Å². The van der Waals surface area contributed by atoms with Crippen molar-refractivity contribution in [2.45, 2.75) is 50.8 Å². The smallest absolute Gasteiger partial charge is 0.0916 e. The highest BCUT2D eigenvalue weighted by Crippen LogP contribution is 2.33. The van der Waals surface area contributed by atoms with Crippen molar-refractivity contribution in [1.29, 1.82) is 0 Å². The molecule has 0 aromatic carbocycles. The standard InChI is InChI=1S/C19H30N2OS2/c1-2-12-22-18(3-1)19-5-4-17(24-19)15-20-8-6-16(7-9-20)21-10-13-23-14-11-21/h4-5,16,18H,1-3,6-15H2/t18-/m1/s1. The lowest BCUT2D eigenvalue weighted by Crippen LogP contribution is -2.47. The first kappa shape index (κ1) is 17.3. The molecule has 0 N–H and O–H groups in total.